The van der Waals surface area contributed by atoms with Gasteiger partial charge in [0.2, 0.25) is 0 Å². The van der Waals surface area contributed by atoms with Crippen molar-refractivity contribution < 1.29 is 4.79 Å². The van der Waals surface area contributed by atoms with E-state index in [4.69, 9.17) is 0 Å². The molecule has 1 aliphatic rings. The molecule has 0 atom stereocenters. The Morgan fingerprint density at radius 1 is 1.12 bits per heavy atom. The highest BCUT2D eigenvalue weighted by Crippen LogP contribution is 2.24. The molecule has 0 spiro atoms. The number of nitrogens with zero attached hydrogens (tertiary/aromatic N) is 4. The lowest BCUT2D eigenvalue weighted by Crippen LogP contribution is -2.34. The van der Waals surface area contributed by atoms with E-state index in [1.807, 2.05) is 17.0 Å². The SMILES string of the molecule is O=C(c1cc2ncc(Br)cn2n1)N1CC=C(c2ccc(Br)cc2)CC1. The maximum atomic E-state index is 12.7. The number of hydrogen-bond acceptors (Lipinski definition) is 3. The summed E-state index contributed by atoms with van der Waals surface area (Å²) in [6, 6.07) is 9.99. The normalized spacial score (nSPS) is 14.6. The highest BCUT2D eigenvalue weighted by Gasteiger charge is 2.22. The Labute approximate surface area is 161 Å². The lowest BCUT2D eigenvalue weighted by Gasteiger charge is -2.26. The van der Waals surface area contributed by atoms with Crippen LogP contribution in [0, 0.1) is 0 Å². The molecule has 0 saturated carbocycles. The van der Waals surface area contributed by atoms with E-state index in [9.17, 15) is 4.79 Å². The van der Waals surface area contributed by atoms with E-state index < -0.39 is 0 Å². The predicted octanol–water partition coefficient (Wildman–Crippen LogP) is 4.18. The molecule has 0 unspecified atom stereocenters. The number of halogens is 2. The molecule has 0 saturated heterocycles. The molecule has 2 aromatic heterocycles. The Bertz CT molecular complexity index is 978. The third kappa shape index (κ3) is 3.39. The smallest absolute Gasteiger partial charge is 0.274 e. The number of benzene rings is 1. The van der Waals surface area contributed by atoms with Crippen LogP contribution in [0.15, 0.2) is 57.7 Å². The Kier molecular flexibility index (Phi) is 4.43. The van der Waals surface area contributed by atoms with Crippen LogP contribution < -0.4 is 0 Å². The average molecular weight is 462 g/mol. The van der Waals surface area contributed by atoms with Crippen LogP contribution >= 0.6 is 31.9 Å². The van der Waals surface area contributed by atoms with Crippen molar-refractivity contribution in [3.05, 3.63) is 69.0 Å². The molecule has 5 nitrogen and oxygen atoms in total. The van der Waals surface area contributed by atoms with E-state index in [1.54, 1.807) is 23.0 Å². The second-order valence-corrected chi connectivity index (χ2v) is 7.67. The minimum Gasteiger partial charge on any atom is -0.333 e. The zero-order chi connectivity index (χ0) is 17.4. The minimum atomic E-state index is -0.0623. The van der Waals surface area contributed by atoms with Crippen LogP contribution in [-0.2, 0) is 0 Å². The summed E-state index contributed by atoms with van der Waals surface area (Å²) >= 11 is 6.81. The van der Waals surface area contributed by atoms with Crippen LogP contribution in [0.1, 0.15) is 22.5 Å². The van der Waals surface area contributed by atoms with Crippen LogP contribution in [0.2, 0.25) is 0 Å². The van der Waals surface area contributed by atoms with Crippen molar-refractivity contribution in [2.75, 3.05) is 13.1 Å². The molecule has 25 heavy (non-hydrogen) atoms. The fraction of sp³-hybridized carbons (Fsp3) is 0.167. The predicted molar refractivity (Wildman–Crippen MR) is 103 cm³/mol. The summed E-state index contributed by atoms with van der Waals surface area (Å²) in [5, 5.41) is 4.34. The molecule has 0 fully saturated rings. The lowest BCUT2D eigenvalue weighted by molar-refractivity contribution is 0.0766. The largest absolute Gasteiger partial charge is 0.333 e. The number of carbonyl (C=O) groups excluding carboxylic acids is 1. The summed E-state index contributed by atoms with van der Waals surface area (Å²) < 4.78 is 3.50. The number of aromatic nitrogens is 3. The van der Waals surface area contributed by atoms with Gasteiger partial charge in [-0.1, -0.05) is 34.1 Å². The lowest BCUT2D eigenvalue weighted by atomic mass is 9.99. The van der Waals surface area contributed by atoms with Gasteiger partial charge >= 0.3 is 0 Å². The molecule has 126 valence electrons. The number of rotatable bonds is 2. The molecule has 4 rings (SSSR count). The van der Waals surface area contributed by atoms with Gasteiger partial charge in [0.15, 0.2) is 11.3 Å². The fourth-order valence-electron chi connectivity index (χ4n) is 2.90. The van der Waals surface area contributed by atoms with Crippen LogP contribution in [0.4, 0.5) is 0 Å². The van der Waals surface area contributed by atoms with E-state index in [1.165, 1.54) is 11.1 Å². The van der Waals surface area contributed by atoms with Gasteiger partial charge in [0.05, 0.1) is 4.47 Å². The first-order valence-electron chi connectivity index (χ1n) is 7.85. The summed E-state index contributed by atoms with van der Waals surface area (Å²) in [5.41, 5.74) is 3.56. The summed E-state index contributed by atoms with van der Waals surface area (Å²) in [5.74, 6) is -0.0623. The molecule has 0 aliphatic carbocycles. The van der Waals surface area contributed by atoms with Crippen LogP contribution in [0.3, 0.4) is 0 Å². The molecule has 1 aromatic carbocycles. The third-order valence-corrected chi connectivity index (χ3v) is 5.15. The Hall–Kier alpha value is -1.99. The van der Waals surface area contributed by atoms with E-state index in [0.717, 1.165) is 15.4 Å². The molecule has 3 aromatic rings. The molecule has 7 heteroatoms. The zero-order valence-corrected chi connectivity index (χ0v) is 16.4. The quantitative estimate of drug-likeness (QED) is 0.575. The Balaban J connectivity index is 1.52. The van der Waals surface area contributed by atoms with Crippen molar-refractivity contribution in [3.63, 3.8) is 0 Å². The summed E-state index contributed by atoms with van der Waals surface area (Å²) in [4.78, 5) is 18.8. The molecule has 1 aliphatic heterocycles. The number of hydrogen-bond donors (Lipinski definition) is 0. The monoisotopic (exact) mass is 460 g/mol. The highest BCUT2D eigenvalue weighted by atomic mass is 79.9. The maximum Gasteiger partial charge on any atom is 0.274 e. The highest BCUT2D eigenvalue weighted by molar-refractivity contribution is 9.10. The minimum absolute atomic E-state index is 0.0623. The van der Waals surface area contributed by atoms with Gasteiger partial charge in [-0.2, -0.15) is 5.10 Å². The van der Waals surface area contributed by atoms with Crippen LogP contribution in [0.25, 0.3) is 11.2 Å². The van der Waals surface area contributed by atoms with E-state index >= 15 is 0 Å². The average Bonchev–Trinajstić information content (AvgIpc) is 3.05. The topological polar surface area (TPSA) is 50.5 Å². The van der Waals surface area contributed by atoms with Gasteiger partial charge in [-0.15, -0.1) is 0 Å². The Morgan fingerprint density at radius 2 is 1.92 bits per heavy atom. The van der Waals surface area contributed by atoms with E-state index in [0.29, 0.717) is 24.4 Å². The first-order valence-corrected chi connectivity index (χ1v) is 9.44. The van der Waals surface area contributed by atoms with Gasteiger partial charge in [-0.3, -0.25) is 4.79 Å². The molecule has 0 radical (unpaired) electrons. The number of carbonyl (C=O) groups is 1. The van der Waals surface area contributed by atoms with Gasteiger partial charge < -0.3 is 4.90 Å². The summed E-state index contributed by atoms with van der Waals surface area (Å²) in [6.07, 6.45) is 6.44. The molecule has 0 bridgehead atoms. The van der Waals surface area contributed by atoms with Gasteiger partial charge in [-0.25, -0.2) is 9.50 Å². The molecular formula is C18H14Br2N4O. The molecule has 3 heterocycles. The van der Waals surface area contributed by atoms with Gasteiger partial charge in [0, 0.05) is 36.0 Å². The van der Waals surface area contributed by atoms with E-state index in [2.05, 4.69) is 60.2 Å². The van der Waals surface area contributed by atoms with Crippen molar-refractivity contribution in [1.82, 2.24) is 19.5 Å². The third-order valence-electron chi connectivity index (χ3n) is 4.21. The number of amides is 1. The van der Waals surface area contributed by atoms with Crippen molar-refractivity contribution in [1.29, 1.82) is 0 Å². The number of fused-ring (bicyclic) bond motifs is 1. The molecular weight excluding hydrogens is 448 g/mol. The van der Waals surface area contributed by atoms with Gasteiger partial charge in [-0.05, 0) is 45.6 Å². The second kappa shape index (κ2) is 6.72. The van der Waals surface area contributed by atoms with E-state index in [-0.39, 0.29) is 5.91 Å². The molecule has 1 amide bonds. The maximum absolute atomic E-state index is 12.7. The van der Waals surface area contributed by atoms with Gasteiger partial charge in [0.25, 0.3) is 5.91 Å². The zero-order valence-electron chi connectivity index (χ0n) is 13.2. The Morgan fingerprint density at radius 3 is 2.64 bits per heavy atom. The first-order chi connectivity index (χ1) is 12.1. The van der Waals surface area contributed by atoms with Crippen LogP contribution in [0.5, 0.6) is 0 Å². The fourth-order valence-corrected chi connectivity index (χ4v) is 3.46. The second-order valence-electron chi connectivity index (χ2n) is 5.84. The van der Waals surface area contributed by atoms with Crippen molar-refractivity contribution >= 4 is 49.0 Å². The van der Waals surface area contributed by atoms with Crippen molar-refractivity contribution in [3.8, 4) is 0 Å². The summed E-state index contributed by atoms with van der Waals surface area (Å²) in [7, 11) is 0. The summed E-state index contributed by atoms with van der Waals surface area (Å²) in [6.45, 7) is 1.28. The van der Waals surface area contributed by atoms with Gasteiger partial charge in [0.1, 0.15) is 0 Å². The van der Waals surface area contributed by atoms with Crippen molar-refractivity contribution in [2.24, 2.45) is 0 Å². The molecule has 0 N–H and O–H groups in total. The first kappa shape index (κ1) is 16.5. The van der Waals surface area contributed by atoms with Crippen molar-refractivity contribution in [2.45, 2.75) is 6.42 Å². The standard InChI is InChI=1S/C18H14Br2N4O/c19-14-3-1-12(2-4-14)13-5-7-23(8-6-13)18(25)16-9-17-21-10-15(20)11-24(17)22-16/h1-5,9-11H,6-8H2. The van der Waals surface area contributed by atoms with Crippen LogP contribution in [-0.4, -0.2) is 38.5 Å².